The number of carboxylic acid groups (broad SMARTS) is 1. The van der Waals surface area contributed by atoms with Gasteiger partial charge in [-0.15, -0.1) is 11.6 Å². The molecule has 82 valence electrons. The van der Waals surface area contributed by atoms with Crippen molar-refractivity contribution in [3.8, 4) is 0 Å². The average Bonchev–Trinajstić information content (AvgIpc) is 2.12. The molecule has 0 fully saturated rings. The second kappa shape index (κ2) is 7.88. The zero-order valence-electron chi connectivity index (χ0n) is 7.54. The Hall–Kier alpha value is -0.480. The number of rotatable bonds is 7. The number of hydrogen-bond acceptors (Lipinski definition) is 3. The summed E-state index contributed by atoms with van der Waals surface area (Å²) in [5.74, 6) is -1.27. The minimum atomic E-state index is -0.866. The van der Waals surface area contributed by atoms with Crippen LogP contribution in [-0.2, 0) is 14.3 Å². The lowest BCUT2D eigenvalue weighted by Gasteiger charge is -2.07. The Kier molecular flexibility index (Phi) is 7.61. The maximum Gasteiger partial charge on any atom is 0.307 e. The molecule has 0 aromatic carbocycles. The summed E-state index contributed by atoms with van der Waals surface area (Å²) in [5, 5.41) is 8.31. The minimum absolute atomic E-state index is 0.0441. The fraction of sp³-hybridized carbons (Fsp3) is 0.750. The van der Waals surface area contributed by atoms with Gasteiger partial charge < -0.3 is 9.84 Å². The van der Waals surface area contributed by atoms with E-state index in [1.165, 1.54) is 0 Å². The van der Waals surface area contributed by atoms with Crippen LogP contribution in [0.4, 0.5) is 0 Å². The first-order valence-corrected chi connectivity index (χ1v) is 5.14. The predicted octanol–water partition coefficient (Wildman–Crippen LogP) is 1.98. The van der Waals surface area contributed by atoms with Gasteiger partial charge in [0, 0.05) is 12.8 Å². The number of halogens is 2. The Bertz CT molecular complexity index is 196. The maximum atomic E-state index is 10.9. The van der Waals surface area contributed by atoms with Crippen LogP contribution in [0.25, 0.3) is 0 Å². The largest absolute Gasteiger partial charge is 0.481 e. The van der Waals surface area contributed by atoms with Crippen LogP contribution < -0.4 is 0 Å². The number of aliphatic carboxylic acids is 1. The molecular weight excluding hydrogens is 231 g/mol. The molecule has 0 heterocycles. The molecule has 1 N–H and O–H groups in total. The van der Waals surface area contributed by atoms with E-state index in [4.69, 9.17) is 28.3 Å². The summed E-state index contributed by atoms with van der Waals surface area (Å²) in [6, 6.07) is 0. The highest BCUT2D eigenvalue weighted by Gasteiger charge is 2.09. The van der Waals surface area contributed by atoms with Crippen LogP contribution in [0.5, 0.6) is 0 Å². The normalized spacial score (nSPS) is 12.1. The number of carboxylic acids is 1. The molecule has 0 saturated carbocycles. The minimum Gasteiger partial charge on any atom is -0.481 e. The van der Waals surface area contributed by atoms with Gasteiger partial charge in [0.05, 0.1) is 5.88 Å². The molecule has 1 atom stereocenters. The molecule has 4 nitrogen and oxygen atoms in total. The van der Waals surface area contributed by atoms with Crippen molar-refractivity contribution in [3.63, 3.8) is 0 Å². The average molecular weight is 243 g/mol. The first kappa shape index (κ1) is 13.5. The van der Waals surface area contributed by atoms with Gasteiger partial charge in [0.2, 0.25) is 0 Å². The second-order valence-corrected chi connectivity index (χ2v) is 3.45. The highest BCUT2D eigenvalue weighted by molar-refractivity contribution is 6.27. The molecule has 0 aliphatic heterocycles. The van der Waals surface area contributed by atoms with Crippen molar-refractivity contribution in [2.45, 2.75) is 31.2 Å². The van der Waals surface area contributed by atoms with Gasteiger partial charge in [-0.2, -0.15) is 0 Å². The molecule has 0 aromatic heterocycles. The molecule has 0 rings (SSSR count). The molecule has 0 aliphatic rings. The summed E-state index contributed by atoms with van der Waals surface area (Å²) in [6.45, 7) is 0. The van der Waals surface area contributed by atoms with Crippen molar-refractivity contribution in [2.24, 2.45) is 0 Å². The van der Waals surface area contributed by atoms with Gasteiger partial charge >= 0.3 is 11.9 Å². The molecule has 14 heavy (non-hydrogen) atoms. The lowest BCUT2D eigenvalue weighted by molar-refractivity contribution is -0.145. The number of hydrogen-bond donors (Lipinski definition) is 1. The number of alkyl halides is 2. The van der Waals surface area contributed by atoms with Crippen LogP contribution in [0.2, 0.25) is 0 Å². The van der Waals surface area contributed by atoms with Crippen molar-refractivity contribution in [1.29, 1.82) is 0 Å². The van der Waals surface area contributed by atoms with E-state index in [2.05, 4.69) is 4.74 Å². The Labute approximate surface area is 92.1 Å². The lowest BCUT2D eigenvalue weighted by atomic mass is 10.2. The summed E-state index contributed by atoms with van der Waals surface area (Å²) < 4.78 is 4.65. The fourth-order valence-corrected chi connectivity index (χ4v) is 0.941. The number of ether oxygens (including phenoxy) is 1. The third kappa shape index (κ3) is 8.13. The molecule has 1 unspecified atom stereocenters. The van der Waals surface area contributed by atoms with Gasteiger partial charge in [-0.25, -0.2) is 0 Å². The highest BCUT2D eigenvalue weighted by atomic mass is 35.5. The summed E-state index contributed by atoms with van der Waals surface area (Å²) in [4.78, 5) is 21.1. The molecule has 0 bridgehead atoms. The van der Waals surface area contributed by atoms with E-state index in [-0.39, 0.29) is 18.7 Å². The van der Waals surface area contributed by atoms with Crippen LogP contribution in [0.15, 0.2) is 0 Å². The van der Waals surface area contributed by atoms with Gasteiger partial charge in [-0.3, -0.25) is 9.59 Å². The zero-order valence-corrected chi connectivity index (χ0v) is 9.05. The van der Waals surface area contributed by atoms with E-state index in [9.17, 15) is 9.59 Å². The zero-order chi connectivity index (χ0) is 11.0. The van der Waals surface area contributed by atoms with Crippen molar-refractivity contribution in [3.05, 3.63) is 0 Å². The van der Waals surface area contributed by atoms with E-state index in [0.29, 0.717) is 12.8 Å². The molecule has 0 spiro atoms. The molecule has 0 amide bonds. The van der Waals surface area contributed by atoms with Crippen molar-refractivity contribution >= 4 is 35.1 Å². The third-order valence-electron chi connectivity index (χ3n) is 1.40. The maximum absolute atomic E-state index is 10.9. The highest BCUT2D eigenvalue weighted by Crippen LogP contribution is 2.06. The molecule has 0 aliphatic carbocycles. The molecule has 0 saturated heterocycles. The number of esters is 1. The molecule has 6 heteroatoms. The first-order valence-electron chi connectivity index (χ1n) is 4.17. The summed E-state index contributed by atoms with van der Waals surface area (Å²) in [7, 11) is 0. The van der Waals surface area contributed by atoms with Crippen LogP contribution in [0, 0.1) is 0 Å². The summed E-state index contributed by atoms with van der Waals surface area (Å²) in [5.41, 5.74) is -0.802. The fourth-order valence-electron chi connectivity index (χ4n) is 0.779. The summed E-state index contributed by atoms with van der Waals surface area (Å²) >= 11 is 10.8. The van der Waals surface area contributed by atoms with E-state index in [0.717, 1.165) is 0 Å². The Balaban J connectivity index is 3.40. The van der Waals surface area contributed by atoms with E-state index in [1.54, 1.807) is 0 Å². The van der Waals surface area contributed by atoms with Gasteiger partial charge in [0.1, 0.15) is 0 Å². The van der Waals surface area contributed by atoms with Crippen LogP contribution in [-0.4, -0.2) is 28.5 Å². The quantitative estimate of drug-likeness (QED) is 0.422. The molecule has 0 radical (unpaired) electrons. The lowest BCUT2D eigenvalue weighted by Crippen LogP contribution is -2.13. The van der Waals surface area contributed by atoms with E-state index < -0.39 is 17.5 Å². The van der Waals surface area contributed by atoms with Gasteiger partial charge in [0.25, 0.3) is 0 Å². The van der Waals surface area contributed by atoms with E-state index >= 15 is 0 Å². The smallest absolute Gasteiger partial charge is 0.307 e. The second-order valence-electron chi connectivity index (χ2n) is 2.66. The molecular formula is C8H12Cl2O4. The number of carbonyl (C=O) groups excluding carboxylic acids is 1. The van der Waals surface area contributed by atoms with Crippen LogP contribution >= 0.6 is 23.2 Å². The van der Waals surface area contributed by atoms with Gasteiger partial charge in [0.15, 0.2) is 5.56 Å². The Morgan fingerprint density at radius 2 is 1.86 bits per heavy atom. The monoisotopic (exact) mass is 242 g/mol. The standard InChI is InChI=1S/C8H12Cl2O4/c9-5-6(10)14-8(13)4-2-1-3-7(11)12/h6H,1-5H2,(H,11,12). The van der Waals surface area contributed by atoms with E-state index in [1.807, 2.05) is 0 Å². The summed E-state index contributed by atoms with van der Waals surface area (Å²) in [6.07, 6.45) is 1.18. The van der Waals surface area contributed by atoms with Crippen molar-refractivity contribution in [2.75, 3.05) is 5.88 Å². The topological polar surface area (TPSA) is 63.6 Å². The Morgan fingerprint density at radius 1 is 1.29 bits per heavy atom. The number of carbonyl (C=O) groups is 2. The van der Waals surface area contributed by atoms with Gasteiger partial charge in [-0.1, -0.05) is 11.6 Å². The van der Waals surface area contributed by atoms with Crippen molar-refractivity contribution < 1.29 is 19.4 Å². The van der Waals surface area contributed by atoms with Crippen molar-refractivity contribution in [1.82, 2.24) is 0 Å². The third-order valence-corrected chi connectivity index (χ3v) is 2.08. The van der Waals surface area contributed by atoms with Gasteiger partial charge in [-0.05, 0) is 12.8 Å². The van der Waals surface area contributed by atoms with Crippen LogP contribution in [0.1, 0.15) is 25.7 Å². The molecule has 0 aromatic rings. The SMILES string of the molecule is O=C(O)CCCCC(=O)OC(Cl)CCl. The predicted molar refractivity (Wildman–Crippen MR) is 52.6 cm³/mol. The Morgan fingerprint density at radius 3 is 2.36 bits per heavy atom. The first-order chi connectivity index (χ1) is 6.56. The van der Waals surface area contributed by atoms with Crippen LogP contribution in [0.3, 0.4) is 0 Å². The number of unbranched alkanes of at least 4 members (excludes halogenated alkanes) is 1.